The number of rotatable bonds is 7. The van der Waals surface area contributed by atoms with E-state index in [0.29, 0.717) is 18.9 Å². The molecule has 1 aliphatic heterocycles. The Balaban J connectivity index is 1.78. The molecule has 0 aliphatic carbocycles. The number of nitrogens with zero attached hydrogens (tertiary/aromatic N) is 1. The number of amides is 1. The van der Waals surface area contributed by atoms with E-state index >= 15 is 0 Å². The number of benzene rings is 1. The molecule has 0 saturated carbocycles. The minimum Gasteiger partial charge on any atom is -0.496 e. The Morgan fingerprint density at radius 1 is 1.46 bits per heavy atom. The molecule has 1 atom stereocenters. The normalized spacial score (nSPS) is 18.6. The van der Waals surface area contributed by atoms with Crippen LogP contribution in [0.15, 0.2) is 18.2 Å². The molecule has 1 amide bonds. The minimum absolute atomic E-state index is 0.0190. The van der Waals surface area contributed by atoms with Crippen LogP contribution >= 0.6 is 0 Å². The van der Waals surface area contributed by atoms with Gasteiger partial charge in [0.05, 0.1) is 26.2 Å². The molecule has 1 aromatic carbocycles. The zero-order valence-corrected chi connectivity index (χ0v) is 15.3. The number of hydrogen-bond donors (Lipinski definition) is 1. The third kappa shape index (κ3) is 5.80. The molecule has 1 saturated heterocycles. The summed E-state index contributed by atoms with van der Waals surface area (Å²) in [6.07, 6.45) is 0.438. The SMILES string of the molecule is COc1cc(CC(=O)NC[C@H]2CN(CC(C)C)CCO2)ccc1C. The second-order valence-electron chi connectivity index (χ2n) is 6.93. The Bertz CT molecular complexity index is 545. The lowest BCUT2D eigenvalue weighted by molar-refractivity contribution is -0.121. The summed E-state index contributed by atoms with van der Waals surface area (Å²) in [6, 6.07) is 5.88. The molecule has 1 N–H and O–H groups in total. The van der Waals surface area contributed by atoms with E-state index in [2.05, 4.69) is 24.1 Å². The number of carbonyl (C=O) groups is 1. The number of morpholine rings is 1. The molecule has 0 unspecified atom stereocenters. The zero-order chi connectivity index (χ0) is 17.5. The number of ether oxygens (including phenoxy) is 2. The summed E-state index contributed by atoms with van der Waals surface area (Å²) in [7, 11) is 1.65. The summed E-state index contributed by atoms with van der Waals surface area (Å²) in [5.41, 5.74) is 2.03. The van der Waals surface area contributed by atoms with E-state index in [9.17, 15) is 4.79 Å². The maximum atomic E-state index is 12.2. The molecule has 1 heterocycles. The lowest BCUT2D eigenvalue weighted by Gasteiger charge is -2.33. The van der Waals surface area contributed by atoms with Crippen molar-refractivity contribution in [1.82, 2.24) is 10.2 Å². The fourth-order valence-corrected chi connectivity index (χ4v) is 3.04. The van der Waals surface area contributed by atoms with Crippen LogP contribution < -0.4 is 10.1 Å². The van der Waals surface area contributed by atoms with Crippen LogP contribution in [-0.4, -0.2) is 56.8 Å². The number of methoxy groups -OCH3 is 1. The second kappa shape index (κ2) is 9.04. The van der Waals surface area contributed by atoms with Crippen molar-refractivity contribution in [2.45, 2.75) is 33.3 Å². The molecule has 0 bridgehead atoms. The van der Waals surface area contributed by atoms with Crippen molar-refractivity contribution in [1.29, 1.82) is 0 Å². The van der Waals surface area contributed by atoms with Gasteiger partial charge >= 0.3 is 0 Å². The van der Waals surface area contributed by atoms with Gasteiger partial charge < -0.3 is 14.8 Å². The number of carbonyl (C=O) groups excluding carboxylic acids is 1. The molecular formula is C19H30N2O3. The van der Waals surface area contributed by atoms with Gasteiger partial charge in [-0.2, -0.15) is 0 Å². The average Bonchev–Trinajstić information content (AvgIpc) is 2.54. The van der Waals surface area contributed by atoms with Crippen molar-refractivity contribution in [3.8, 4) is 5.75 Å². The van der Waals surface area contributed by atoms with Crippen LogP contribution in [0.5, 0.6) is 5.75 Å². The lowest BCUT2D eigenvalue weighted by Crippen LogP contribution is -2.48. The van der Waals surface area contributed by atoms with E-state index in [1.54, 1.807) is 7.11 Å². The van der Waals surface area contributed by atoms with Crippen molar-refractivity contribution in [3.05, 3.63) is 29.3 Å². The van der Waals surface area contributed by atoms with Crippen LogP contribution in [0.25, 0.3) is 0 Å². The third-order valence-electron chi connectivity index (χ3n) is 4.21. The van der Waals surface area contributed by atoms with Crippen LogP contribution in [0.3, 0.4) is 0 Å². The van der Waals surface area contributed by atoms with Gasteiger partial charge in [-0.25, -0.2) is 0 Å². The molecule has 2 rings (SSSR count). The molecule has 1 aromatic rings. The zero-order valence-electron chi connectivity index (χ0n) is 15.3. The molecule has 0 spiro atoms. The molecule has 5 nitrogen and oxygen atoms in total. The van der Waals surface area contributed by atoms with Crippen LogP contribution in [0.1, 0.15) is 25.0 Å². The van der Waals surface area contributed by atoms with E-state index in [4.69, 9.17) is 9.47 Å². The Labute approximate surface area is 145 Å². The first-order chi connectivity index (χ1) is 11.5. The van der Waals surface area contributed by atoms with Gasteiger partial charge in [-0.1, -0.05) is 26.0 Å². The summed E-state index contributed by atoms with van der Waals surface area (Å²) < 4.78 is 11.1. The molecule has 134 valence electrons. The monoisotopic (exact) mass is 334 g/mol. The average molecular weight is 334 g/mol. The van der Waals surface area contributed by atoms with Crippen LogP contribution in [-0.2, 0) is 16.0 Å². The van der Waals surface area contributed by atoms with Gasteiger partial charge in [0, 0.05) is 26.2 Å². The highest BCUT2D eigenvalue weighted by atomic mass is 16.5. The minimum atomic E-state index is 0.0190. The van der Waals surface area contributed by atoms with Crippen molar-refractivity contribution in [2.24, 2.45) is 5.92 Å². The molecule has 24 heavy (non-hydrogen) atoms. The standard InChI is InChI=1S/C19H30N2O3/c1-14(2)12-21-7-8-24-17(13-21)11-20-19(22)10-16-6-5-15(3)18(9-16)23-4/h5-6,9,14,17H,7-8,10-13H2,1-4H3,(H,20,22)/t17-/m0/s1. The quantitative estimate of drug-likeness (QED) is 0.829. The van der Waals surface area contributed by atoms with Crippen molar-refractivity contribution in [3.63, 3.8) is 0 Å². The van der Waals surface area contributed by atoms with Gasteiger partial charge in [0.2, 0.25) is 5.91 Å². The maximum Gasteiger partial charge on any atom is 0.224 e. The Hall–Kier alpha value is -1.59. The van der Waals surface area contributed by atoms with Crippen LogP contribution in [0.2, 0.25) is 0 Å². The summed E-state index contributed by atoms with van der Waals surface area (Å²) in [6.45, 7) is 10.7. The molecule has 0 radical (unpaired) electrons. The lowest BCUT2D eigenvalue weighted by atomic mass is 10.1. The summed E-state index contributed by atoms with van der Waals surface area (Å²) in [5.74, 6) is 1.49. The largest absolute Gasteiger partial charge is 0.496 e. The van der Waals surface area contributed by atoms with E-state index in [1.807, 2.05) is 25.1 Å². The maximum absolute atomic E-state index is 12.2. The Morgan fingerprint density at radius 2 is 2.25 bits per heavy atom. The van der Waals surface area contributed by atoms with Crippen LogP contribution in [0.4, 0.5) is 0 Å². The van der Waals surface area contributed by atoms with Gasteiger partial charge in [-0.15, -0.1) is 0 Å². The molecular weight excluding hydrogens is 304 g/mol. The van der Waals surface area contributed by atoms with Crippen molar-refractivity contribution in [2.75, 3.05) is 39.9 Å². The summed E-state index contributed by atoms with van der Waals surface area (Å²) in [4.78, 5) is 14.6. The fourth-order valence-electron chi connectivity index (χ4n) is 3.04. The molecule has 0 aromatic heterocycles. The van der Waals surface area contributed by atoms with Gasteiger partial charge in [0.1, 0.15) is 5.75 Å². The molecule has 1 aliphatic rings. The first-order valence-corrected chi connectivity index (χ1v) is 8.72. The Morgan fingerprint density at radius 3 is 2.96 bits per heavy atom. The highest BCUT2D eigenvalue weighted by Crippen LogP contribution is 2.19. The van der Waals surface area contributed by atoms with E-state index in [-0.39, 0.29) is 12.0 Å². The first kappa shape index (κ1) is 18.7. The number of hydrogen-bond acceptors (Lipinski definition) is 4. The first-order valence-electron chi connectivity index (χ1n) is 8.72. The molecule has 1 fully saturated rings. The van der Waals surface area contributed by atoms with E-state index in [1.165, 1.54) is 0 Å². The topological polar surface area (TPSA) is 50.8 Å². The molecule has 5 heteroatoms. The van der Waals surface area contributed by atoms with Gasteiger partial charge in [0.15, 0.2) is 0 Å². The highest BCUT2D eigenvalue weighted by molar-refractivity contribution is 5.78. The van der Waals surface area contributed by atoms with Crippen molar-refractivity contribution < 1.29 is 14.3 Å². The predicted molar refractivity (Wildman–Crippen MR) is 95.5 cm³/mol. The van der Waals surface area contributed by atoms with E-state index in [0.717, 1.165) is 43.1 Å². The van der Waals surface area contributed by atoms with E-state index < -0.39 is 0 Å². The summed E-state index contributed by atoms with van der Waals surface area (Å²) in [5, 5.41) is 3.00. The van der Waals surface area contributed by atoms with Crippen molar-refractivity contribution >= 4 is 5.91 Å². The van der Waals surface area contributed by atoms with Crippen LogP contribution in [0, 0.1) is 12.8 Å². The smallest absolute Gasteiger partial charge is 0.224 e. The fraction of sp³-hybridized carbons (Fsp3) is 0.632. The second-order valence-corrected chi connectivity index (χ2v) is 6.93. The third-order valence-corrected chi connectivity index (χ3v) is 4.21. The Kier molecular flexibility index (Phi) is 7.06. The van der Waals surface area contributed by atoms with Gasteiger partial charge in [0.25, 0.3) is 0 Å². The highest BCUT2D eigenvalue weighted by Gasteiger charge is 2.21. The summed E-state index contributed by atoms with van der Waals surface area (Å²) >= 11 is 0. The number of nitrogens with one attached hydrogen (secondary N) is 1. The van der Waals surface area contributed by atoms with Gasteiger partial charge in [-0.05, 0) is 30.0 Å². The number of aryl methyl sites for hydroxylation is 1. The van der Waals surface area contributed by atoms with Gasteiger partial charge in [-0.3, -0.25) is 9.69 Å². The predicted octanol–water partition coefficient (Wildman–Crippen LogP) is 2.02.